The van der Waals surface area contributed by atoms with Crippen molar-refractivity contribution < 1.29 is 0 Å². The SMILES string of the molecule is CCCNC(Cc1ccc(C)c(C)c1)c1ncccc1Cl. The van der Waals surface area contributed by atoms with Crippen LogP contribution >= 0.6 is 11.6 Å². The van der Waals surface area contributed by atoms with Crippen LogP contribution in [-0.4, -0.2) is 11.5 Å². The Morgan fingerprint density at radius 2 is 2.00 bits per heavy atom. The van der Waals surface area contributed by atoms with E-state index in [0.717, 1.165) is 30.1 Å². The monoisotopic (exact) mass is 302 g/mol. The van der Waals surface area contributed by atoms with E-state index >= 15 is 0 Å². The van der Waals surface area contributed by atoms with Gasteiger partial charge in [0.2, 0.25) is 0 Å². The van der Waals surface area contributed by atoms with Gasteiger partial charge in [-0.3, -0.25) is 4.98 Å². The highest BCUT2D eigenvalue weighted by atomic mass is 35.5. The van der Waals surface area contributed by atoms with Gasteiger partial charge in [-0.25, -0.2) is 0 Å². The Hall–Kier alpha value is -1.38. The van der Waals surface area contributed by atoms with E-state index in [4.69, 9.17) is 11.6 Å². The molecule has 1 atom stereocenters. The van der Waals surface area contributed by atoms with Crippen molar-refractivity contribution >= 4 is 11.6 Å². The maximum absolute atomic E-state index is 6.32. The third-order valence-corrected chi connectivity index (χ3v) is 4.09. The summed E-state index contributed by atoms with van der Waals surface area (Å²) in [7, 11) is 0. The summed E-state index contributed by atoms with van der Waals surface area (Å²) in [6, 6.07) is 10.6. The summed E-state index contributed by atoms with van der Waals surface area (Å²) < 4.78 is 0. The van der Waals surface area contributed by atoms with E-state index in [2.05, 4.69) is 49.3 Å². The third kappa shape index (κ3) is 4.29. The first kappa shape index (κ1) is 16.0. The molecule has 1 N–H and O–H groups in total. The lowest BCUT2D eigenvalue weighted by Crippen LogP contribution is -2.25. The number of aryl methyl sites for hydroxylation is 2. The van der Waals surface area contributed by atoms with E-state index in [9.17, 15) is 0 Å². The Labute approximate surface area is 132 Å². The molecule has 112 valence electrons. The number of pyridine rings is 1. The van der Waals surface area contributed by atoms with Crippen LogP contribution in [0.25, 0.3) is 0 Å². The molecule has 1 aromatic carbocycles. The van der Waals surface area contributed by atoms with Crippen LogP contribution in [0.4, 0.5) is 0 Å². The molecule has 0 aliphatic heterocycles. The predicted molar refractivity (Wildman–Crippen MR) is 89.9 cm³/mol. The smallest absolute Gasteiger partial charge is 0.0762 e. The molecular formula is C18H23ClN2. The molecule has 1 heterocycles. The van der Waals surface area contributed by atoms with Gasteiger partial charge in [0, 0.05) is 6.20 Å². The number of hydrogen-bond acceptors (Lipinski definition) is 2. The van der Waals surface area contributed by atoms with Crippen molar-refractivity contribution in [1.82, 2.24) is 10.3 Å². The zero-order chi connectivity index (χ0) is 15.2. The first-order chi connectivity index (χ1) is 10.1. The third-order valence-electron chi connectivity index (χ3n) is 3.77. The molecule has 0 saturated heterocycles. The number of nitrogens with zero attached hydrogens (tertiary/aromatic N) is 1. The van der Waals surface area contributed by atoms with Crippen molar-refractivity contribution in [3.63, 3.8) is 0 Å². The molecule has 0 fully saturated rings. The first-order valence-corrected chi connectivity index (χ1v) is 7.89. The summed E-state index contributed by atoms with van der Waals surface area (Å²) in [5.41, 5.74) is 4.90. The van der Waals surface area contributed by atoms with Gasteiger partial charge in [-0.15, -0.1) is 0 Å². The number of benzene rings is 1. The summed E-state index contributed by atoms with van der Waals surface area (Å²) in [6.45, 7) is 7.42. The Morgan fingerprint density at radius 3 is 2.67 bits per heavy atom. The summed E-state index contributed by atoms with van der Waals surface area (Å²) in [6.07, 6.45) is 3.80. The van der Waals surface area contributed by atoms with Crippen LogP contribution in [0.1, 0.15) is 41.8 Å². The molecular weight excluding hydrogens is 280 g/mol. The van der Waals surface area contributed by atoms with Gasteiger partial charge in [0.1, 0.15) is 0 Å². The fourth-order valence-corrected chi connectivity index (χ4v) is 2.66. The maximum atomic E-state index is 6.32. The molecule has 2 aromatic rings. The normalized spacial score (nSPS) is 12.4. The fourth-order valence-electron chi connectivity index (χ4n) is 2.40. The number of aromatic nitrogens is 1. The van der Waals surface area contributed by atoms with Crippen LogP contribution in [0.5, 0.6) is 0 Å². The van der Waals surface area contributed by atoms with Crippen LogP contribution in [0, 0.1) is 13.8 Å². The minimum atomic E-state index is 0.153. The number of halogens is 1. The molecule has 0 aliphatic rings. The standard InChI is InChI=1S/C18H23ClN2/c1-4-9-20-17(18-16(19)6-5-10-21-18)12-15-8-7-13(2)14(3)11-15/h5-8,10-11,17,20H,4,9,12H2,1-3H3. The molecule has 3 heteroatoms. The minimum Gasteiger partial charge on any atom is -0.308 e. The molecule has 0 aliphatic carbocycles. The van der Waals surface area contributed by atoms with Gasteiger partial charge in [0.05, 0.1) is 16.8 Å². The number of hydrogen-bond donors (Lipinski definition) is 1. The van der Waals surface area contributed by atoms with Crippen molar-refractivity contribution in [1.29, 1.82) is 0 Å². The zero-order valence-corrected chi connectivity index (χ0v) is 13.7. The Bertz CT molecular complexity index is 596. The summed E-state index contributed by atoms with van der Waals surface area (Å²) in [5, 5.41) is 4.29. The summed E-state index contributed by atoms with van der Waals surface area (Å²) in [4.78, 5) is 4.47. The molecule has 0 radical (unpaired) electrons. The molecule has 0 spiro atoms. The molecule has 0 amide bonds. The molecule has 2 rings (SSSR count). The lowest BCUT2D eigenvalue weighted by Gasteiger charge is -2.19. The highest BCUT2D eigenvalue weighted by Gasteiger charge is 2.16. The van der Waals surface area contributed by atoms with Crippen molar-refractivity contribution in [3.8, 4) is 0 Å². The Kier molecular flexibility index (Phi) is 5.77. The van der Waals surface area contributed by atoms with Crippen LogP contribution in [0.2, 0.25) is 5.02 Å². The second-order valence-electron chi connectivity index (χ2n) is 5.50. The lowest BCUT2D eigenvalue weighted by molar-refractivity contribution is 0.518. The van der Waals surface area contributed by atoms with Gasteiger partial charge < -0.3 is 5.32 Å². The van der Waals surface area contributed by atoms with Crippen molar-refractivity contribution in [3.05, 3.63) is 63.9 Å². The van der Waals surface area contributed by atoms with Crippen LogP contribution in [0.3, 0.4) is 0 Å². The van der Waals surface area contributed by atoms with Crippen LogP contribution in [-0.2, 0) is 6.42 Å². The van der Waals surface area contributed by atoms with Gasteiger partial charge >= 0.3 is 0 Å². The maximum Gasteiger partial charge on any atom is 0.0762 e. The van der Waals surface area contributed by atoms with E-state index in [1.807, 2.05) is 18.3 Å². The average molecular weight is 303 g/mol. The molecule has 1 aromatic heterocycles. The summed E-state index contributed by atoms with van der Waals surface area (Å²) >= 11 is 6.32. The minimum absolute atomic E-state index is 0.153. The molecule has 21 heavy (non-hydrogen) atoms. The fraction of sp³-hybridized carbons (Fsp3) is 0.389. The predicted octanol–water partition coefficient (Wildman–Crippen LogP) is 4.64. The lowest BCUT2D eigenvalue weighted by atomic mass is 9.99. The van der Waals surface area contributed by atoms with Gasteiger partial charge in [0.25, 0.3) is 0 Å². The van der Waals surface area contributed by atoms with E-state index in [1.165, 1.54) is 16.7 Å². The van der Waals surface area contributed by atoms with Gasteiger partial charge in [-0.1, -0.05) is 36.7 Å². The van der Waals surface area contributed by atoms with Gasteiger partial charge in [-0.05, 0) is 62.1 Å². The number of nitrogens with one attached hydrogen (secondary N) is 1. The van der Waals surface area contributed by atoms with Crippen LogP contribution in [0.15, 0.2) is 36.5 Å². The van der Waals surface area contributed by atoms with Crippen LogP contribution < -0.4 is 5.32 Å². The molecule has 2 nitrogen and oxygen atoms in total. The van der Waals surface area contributed by atoms with Crippen molar-refractivity contribution in [2.75, 3.05) is 6.54 Å². The van der Waals surface area contributed by atoms with Crippen molar-refractivity contribution in [2.45, 2.75) is 39.7 Å². The van der Waals surface area contributed by atoms with Crippen molar-refractivity contribution in [2.24, 2.45) is 0 Å². The van der Waals surface area contributed by atoms with E-state index in [0.29, 0.717) is 0 Å². The first-order valence-electron chi connectivity index (χ1n) is 7.51. The highest BCUT2D eigenvalue weighted by Crippen LogP contribution is 2.24. The number of rotatable bonds is 6. The van der Waals surface area contributed by atoms with Gasteiger partial charge in [0.15, 0.2) is 0 Å². The summed E-state index contributed by atoms with van der Waals surface area (Å²) in [5.74, 6) is 0. The quantitative estimate of drug-likeness (QED) is 0.841. The Balaban J connectivity index is 2.24. The zero-order valence-electron chi connectivity index (χ0n) is 13.0. The topological polar surface area (TPSA) is 24.9 Å². The van der Waals surface area contributed by atoms with Gasteiger partial charge in [-0.2, -0.15) is 0 Å². The molecule has 0 bridgehead atoms. The molecule has 0 saturated carbocycles. The Morgan fingerprint density at radius 1 is 1.19 bits per heavy atom. The highest BCUT2D eigenvalue weighted by molar-refractivity contribution is 6.31. The molecule has 1 unspecified atom stereocenters. The largest absolute Gasteiger partial charge is 0.308 e. The second-order valence-corrected chi connectivity index (χ2v) is 5.91. The van der Waals surface area contributed by atoms with E-state index in [-0.39, 0.29) is 6.04 Å². The second kappa shape index (κ2) is 7.58. The van der Waals surface area contributed by atoms with E-state index in [1.54, 1.807) is 0 Å². The van der Waals surface area contributed by atoms with E-state index < -0.39 is 0 Å². The average Bonchev–Trinajstić information content (AvgIpc) is 2.48.